The zero-order valence-electron chi connectivity index (χ0n) is 12.5. The lowest BCUT2D eigenvalue weighted by Gasteiger charge is -2.32. The van der Waals surface area contributed by atoms with Crippen molar-refractivity contribution in [2.75, 3.05) is 19.7 Å². The van der Waals surface area contributed by atoms with Crippen molar-refractivity contribution >= 4 is 11.6 Å². The van der Waals surface area contributed by atoms with Crippen molar-refractivity contribution in [3.63, 3.8) is 0 Å². The van der Waals surface area contributed by atoms with Gasteiger partial charge in [-0.05, 0) is 25.0 Å². The molecule has 1 aliphatic carbocycles. The largest absolute Gasteiger partial charge is 0.371 e. The van der Waals surface area contributed by atoms with Gasteiger partial charge in [0, 0.05) is 29.6 Å². The monoisotopic (exact) mass is 337 g/mol. The minimum atomic E-state index is -0.342. The maximum absolute atomic E-state index is 13.2. The van der Waals surface area contributed by atoms with Crippen molar-refractivity contribution in [1.29, 1.82) is 0 Å². The molecule has 1 aromatic carbocycles. The molecule has 1 aromatic heterocycles. The van der Waals surface area contributed by atoms with E-state index in [0.29, 0.717) is 36.5 Å². The smallest absolute Gasteiger partial charge is 0.229 e. The Morgan fingerprint density at radius 3 is 3.00 bits per heavy atom. The van der Waals surface area contributed by atoms with E-state index in [9.17, 15) is 4.39 Å². The van der Waals surface area contributed by atoms with Gasteiger partial charge in [0.1, 0.15) is 5.82 Å². The maximum atomic E-state index is 13.2. The normalized spacial score (nSPS) is 22.4. The van der Waals surface area contributed by atoms with Gasteiger partial charge in [0.2, 0.25) is 5.89 Å². The van der Waals surface area contributed by atoms with Crippen molar-refractivity contribution < 1.29 is 13.7 Å². The summed E-state index contributed by atoms with van der Waals surface area (Å²) >= 11 is 6.14. The number of aromatic nitrogens is 2. The Bertz CT molecular complexity index is 704. The van der Waals surface area contributed by atoms with Crippen LogP contribution in [0.3, 0.4) is 0 Å². The molecule has 2 fully saturated rings. The van der Waals surface area contributed by atoms with Crippen molar-refractivity contribution in [2.45, 2.75) is 31.4 Å². The lowest BCUT2D eigenvalue weighted by Crippen LogP contribution is -2.38. The van der Waals surface area contributed by atoms with Crippen molar-refractivity contribution in [1.82, 2.24) is 15.0 Å². The third kappa shape index (κ3) is 3.39. The first-order valence-corrected chi connectivity index (χ1v) is 8.18. The molecule has 2 aromatic rings. The highest BCUT2D eigenvalue weighted by molar-refractivity contribution is 6.31. The summed E-state index contributed by atoms with van der Waals surface area (Å²) in [4.78, 5) is 6.66. The third-order valence-corrected chi connectivity index (χ3v) is 4.56. The second-order valence-electron chi connectivity index (χ2n) is 6.08. The Morgan fingerprint density at radius 1 is 1.35 bits per heavy atom. The van der Waals surface area contributed by atoms with E-state index >= 15 is 0 Å². The van der Waals surface area contributed by atoms with E-state index in [4.69, 9.17) is 20.9 Å². The average molecular weight is 338 g/mol. The number of ether oxygens (including phenoxy) is 1. The Hall–Kier alpha value is -1.50. The topological polar surface area (TPSA) is 51.4 Å². The van der Waals surface area contributed by atoms with Crippen LogP contribution in [0.4, 0.5) is 4.39 Å². The number of rotatable bonds is 4. The predicted molar refractivity (Wildman–Crippen MR) is 81.7 cm³/mol. The van der Waals surface area contributed by atoms with E-state index in [1.54, 1.807) is 6.07 Å². The molecule has 0 N–H and O–H groups in total. The van der Waals surface area contributed by atoms with Crippen molar-refractivity contribution in [3.8, 4) is 0 Å². The van der Waals surface area contributed by atoms with Gasteiger partial charge in [0.25, 0.3) is 0 Å². The Morgan fingerprint density at radius 2 is 2.22 bits per heavy atom. The SMILES string of the molecule is Fc1ccc([C@@H]2CN(Cc3noc(C4CC4)n3)CCO2)c(Cl)c1. The van der Waals surface area contributed by atoms with Crippen molar-refractivity contribution in [3.05, 3.63) is 46.3 Å². The van der Waals surface area contributed by atoms with Crippen LogP contribution in [-0.2, 0) is 11.3 Å². The summed E-state index contributed by atoms with van der Waals surface area (Å²) in [5.41, 5.74) is 0.810. The highest BCUT2D eigenvalue weighted by Crippen LogP contribution is 2.39. The van der Waals surface area contributed by atoms with Gasteiger partial charge in [0.05, 0.1) is 19.3 Å². The van der Waals surface area contributed by atoms with E-state index in [1.165, 1.54) is 12.1 Å². The first-order valence-electron chi connectivity index (χ1n) is 7.80. The quantitative estimate of drug-likeness (QED) is 0.856. The minimum absolute atomic E-state index is 0.174. The molecule has 2 aliphatic rings. The van der Waals surface area contributed by atoms with Gasteiger partial charge in [-0.25, -0.2) is 4.39 Å². The molecule has 1 saturated heterocycles. The molecular formula is C16H17ClFN3O2. The Kier molecular flexibility index (Phi) is 4.05. The summed E-state index contributed by atoms with van der Waals surface area (Å²) in [6, 6.07) is 4.41. The molecule has 1 atom stereocenters. The number of nitrogens with zero attached hydrogens (tertiary/aromatic N) is 3. The minimum Gasteiger partial charge on any atom is -0.371 e. The fourth-order valence-electron chi connectivity index (χ4n) is 2.82. The zero-order chi connectivity index (χ0) is 15.8. The van der Waals surface area contributed by atoms with Gasteiger partial charge in [0.15, 0.2) is 5.82 Å². The lowest BCUT2D eigenvalue weighted by molar-refractivity contribution is -0.0338. The number of hydrogen-bond acceptors (Lipinski definition) is 5. The molecule has 0 bridgehead atoms. The molecule has 5 nitrogen and oxygen atoms in total. The molecule has 0 spiro atoms. The fraction of sp³-hybridized carbons (Fsp3) is 0.500. The zero-order valence-corrected chi connectivity index (χ0v) is 13.3. The fourth-order valence-corrected chi connectivity index (χ4v) is 3.11. The van der Waals surface area contributed by atoms with Gasteiger partial charge in [-0.15, -0.1) is 0 Å². The van der Waals surface area contributed by atoms with Gasteiger partial charge < -0.3 is 9.26 Å². The molecule has 23 heavy (non-hydrogen) atoms. The second kappa shape index (κ2) is 6.19. The molecule has 4 rings (SSSR count). The summed E-state index contributed by atoms with van der Waals surface area (Å²) in [6.07, 6.45) is 2.11. The van der Waals surface area contributed by atoms with E-state index < -0.39 is 0 Å². The first kappa shape index (κ1) is 15.1. The maximum Gasteiger partial charge on any atom is 0.229 e. The van der Waals surface area contributed by atoms with E-state index in [-0.39, 0.29) is 11.9 Å². The molecular weight excluding hydrogens is 321 g/mol. The van der Waals surface area contributed by atoms with E-state index in [0.717, 1.165) is 30.8 Å². The van der Waals surface area contributed by atoms with Crippen LogP contribution in [0, 0.1) is 5.82 Å². The van der Waals surface area contributed by atoms with Crippen LogP contribution >= 0.6 is 11.6 Å². The summed E-state index contributed by atoms with van der Waals surface area (Å²) in [6.45, 7) is 2.67. The Balaban J connectivity index is 1.43. The second-order valence-corrected chi connectivity index (χ2v) is 6.49. The number of hydrogen-bond donors (Lipinski definition) is 0. The Labute approximate surface area is 138 Å². The summed E-state index contributed by atoms with van der Waals surface area (Å²) in [7, 11) is 0. The van der Waals surface area contributed by atoms with Gasteiger partial charge in [-0.3, -0.25) is 4.90 Å². The van der Waals surface area contributed by atoms with Gasteiger partial charge in [-0.2, -0.15) is 4.98 Å². The molecule has 0 unspecified atom stereocenters. The molecule has 7 heteroatoms. The summed E-state index contributed by atoms with van der Waals surface area (Å²) in [5.74, 6) is 1.58. The molecule has 122 valence electrons. The van der Waals surface area contributed by atoms with Crippen LogP contribution in [0.25, 0.3) is 0 Å². The van der Waals surface area contributed by atoms with Crippen LogP contribution in [0.15, 0.2) is 22.7 Å². The highest BCUT2D eigenvalue weighted by Gasteiger charge is 2.30. The van der Waals surface area contributed by atoms with E-state index in [1.807, 2.05) is 0 Å². The van der Waals surface area contributed by atoms with Gasteiger partial charge >= 0.3 is 0 Å². The van der Waals surface area contributed by atoms with E-state index in [2.05, 4.69) is 15.0 Å². The average Bonchev–Trinajstić information content (AvgIpc) is 3.28. The third-order valence-electron chi connectivity index (χ3n) is 4.24. The predicted octanol–water partition coefficient (Wildman–Crippen LogP) is 3.31. The van der Waals surface area contributed by atoms with Crippen LogP contribution in [0.2, 0.25) is 5.02 Å². The molecule has 1 saturated carbocycles. The van der Waals surface area contributed by atoms with Crippen LogP contribution in [-0.4, -0.2) is 34.7 Å². The molecule has 0 radical (unpaired) electrons. The number of benzene rings is 1. The standard InChI is InChI=1S/C16H17ClFN3O2/c17-13-7-11(18)3-4-12(13)14-8-21(5-6-22-14)9-15-19-16(23-20-15)10-1-2-10/h3-4,7,10,14H,1-2,5-6,8-9H2/t14-/m0/s1. The molecule has 1 aliphatic heterocycles. The summed E-state index contributed by atoms with van der Waals surface area (Å²) in [5, 5.41) is 4.45. The molecule has 2 heterocycles. The van der Waals surface area contributed by atoms with Crippen LogP contribution in [0.1, 0.15) is 42.1 Å². The lowest BCUT2D eigenvalue weighted by atomic mass is 10.1. The van der Waals surface area contributed by atoms with Gasteiger partial charge in [-0.1, -0.05) is 22.8 Å². The summed E-state index contributed by atoms with van der Waals surface area (Å²) < 4.78 is 24.3. The van der Waals surface area contributed by atoms with Crippen LogP contribution < -0.4 is 0 Å². The molecule has 0 amide bonds. The van der Waals surface area contributed by atoms with Crippen LogP contribution in [0.5, 0.6) is 0 Å². The first-order chi connectivity index (χ1) is 11.2. The van der Waals surface area contributed by atoms with Crippen molar-refractivity contribution in [2.24, 2.45) is 0 Å². The number of halogens is 2. The highest BCUT2D eigenvalue weighted by atomic mass is 35.5. The number of morpholine rings is 1.